The summed E-state index contributed by atoms with van der Waals surface area (Å²) >= 11 is 0. The van der Waals surface area contributed by atoms with E-state index in [9.17, 15) is 0 Å². The Morgan fingerprint density at radius 3 is 2.83 bits per heavy atom. The summed E-state index contributed by atoms with van der Waals surface area (Å²) in [6, 6.07) is 8.87. The Hall–Kier alpha value is -1.88. The predicted molar refractivity (Wildman–Crippen MR) is 86.3 cm³/mol. The van der Waals surface area contributed by atoms with Crippen molar-refractivity contribution < 1.29 is 9.26 Å². The molecule has 0 amide bonds. The van der Waals surface area contributed by atoms with Crippen molar-refractivity contribution in [1.82, 2.24) is 15.5 Å². The highest BCUT2D eigenvalue weighted by molar-refractivity contribution is 5.28. The van der Waals surface area contributed by atoms with Crippen molar-refractivity contribution in [2.24, 2.45) is 5.92 Å². The van der Waals surface area contributed by atoms with Gasteiger partial charge in [0.15, 0.2) is 5.82 Å². The molecule has 2 aromatic rings. The van der Waals surface area contributed by atoms with Gasteiger partial charge >= 0.3 is 0 Å². The molecule has 1 N–H and O–H groups in total. The number of nitrogens with zero attached hydrogens (tertiary/aromatic N) is 2. The summed E-state index contributed by atoms with van der Waals surface area (Å²) in [5.74, 6) is 3.15. The van der Waals surface area contributed by atoms with Gasteiger partial charge < -0.3 is 14.6 Å². The number of hydrogen-bond donors (Lipinski definition) is 1. The van der Waals surface area contributed by atoms with Gasteiger partial charge in [-0.3, -0.25) is 0 Å². The zero-order chi connectivity index (χ0) is 15.6. The molecule has 1 aliphatic carbocycles. The third-order valence-corrected chi connectivity index (χ3v) is 5.17. The van der Waals surface area contributed by atoms with E-state index in [4.69, 9.17) is 9.26 Å². The first kappa shape index (κ1) is 14.7. The molecule has 5 heteroatoms. The molecular weight excluding hydrogens is 290 g/mol. The maximum Gasteiger partial charge on any atom is 0.243 e. The molecule has 23 heavy (non-hydrogen) atoms. The number of rotatable bonds is 4. The smallest absolute Gasteiger partial charge is 0.243 e. The molecule has 2 fully saturated rings. The average molecular weight is 313 g/mol. The fourth-order valence-electron chi connectivity index (χ4n) is 3.92. The molecule has 1 aromatic heterocycles. The second kappa shape index (κ2) is 6.32. The van der Waals surface area contributed by atoms with Gasteiger partial charge in [-0.25, -0.2) is 0 Å². The van der Waals surface area contributed by atoms with Crippen LogP contribution in [0.3, 0.4) is 0 Å². The average Bonchev–Trinajstić information content (AvgIpc) is 3.21. The maximum atomic E-state index is 5.52. The van der Waals surface area contributed by atoms with Gasteiger partial charge in [-0.15, -0.1) is 0 Å². The first-order valence-electron chi connectivity index (χ1n) is 8.53. The van der Waals surface area contributed by atoms with Crippen LogP contribution >= 0.6 is 0 Å². The molecule has 0 radical (unpaired) electrons. The molecule has 1 saturated carbocycles. The Bertz CT molecular complexity index is 639. The minimum absolute atomic E-state index is 0.236. The molecule has 1 aliphatic heterocycles. The summed E-state index contributed by atoms with van der Waals surface area (Å²) in [4.78, 5) is 4.62. The molecule has 3 atom stereocenters. The second-order valence-electron chi connectivity index (χ2n) is 6.68. The van der Waals surface area contributed by atoms with E-state index >= 15 is 0 Å². The number of ether oxygens (including phenoxy) is 1. The molecule has 0 bridgehead atoms. The van der Waals surface area contributed by atoms with Crippen molar-refractivity contribution in [3.63, 3.8) is 0 Å². The topological polar surface area (TPSA) is 60.2 Å². The molecule has 4 rings (SSSR count). The van der Waals surface area contributed by atoms with Crippen molar-refractivity contribution in [1.29, 1.82) is 0 Å². The monoisotopic (exact) mass is 313 g/mol. The van der Waals surface area contributed by atoms with Crippen LogP contribution in [0.5, 0.6) is 5.75 Å². The van der Waals surface area contributed by atoms with Crippen LogP contribution < -0.4 is 10.1 Å². The third kappa shape index (κ3) is 3.11. The lowest BCUT2D eigenvalue weighted by Gasteiger charge is -2.24. The number of nitrogens with one attached hydrogen (secondary N) is 1. The van der Waals surface area contributed by atoms with E-state index in [-0.39, 0.29) is 6.04 Å². The fraction of sp³-hybridized carbons (Fsp3) is 0.556. The van der Waals surface area contributed by atoms with Crippen LogP contribution in [0.4, 0.5) is 0 Å². The van der Waals surface area contributed by atoms with Gasteiger partial charge in [-0.05, 0) is 42.9 Å². The van der Waals surface area contributed by atoms with Crippen LogP contribution in [-0.2, 0) is 6.42 Å². The normalized spacial score (nSPS) is 26.9. The molecule has 1 saturated heterocycles. The highest BCUT2D eigenvalue weighted by Crippen LogP contribution is 2.38. The Morgan fingerprint density at radius 2 is 2.04 bits per heavy atom. The van der Waals surface area contributed by atoms with Crippen molar-refractivity contribution in [2.75, 3.05) is 7.11 Å². The SMILES string of the molecule is COc1ccc(Cc2noc(C3CC4CCCCC4N3)n2)cc1. The van der Waals surface area contributed by atoms with E-state index in [2.05, 4.69) is 15.5 Å². The van der Waals surface area contributed by atoms with Crippen molar-refractivity contribution in [3.05, 3.63) is 41.5 Å². The summed E-state index contributed by atoms with van der Waals surface area (Å²) in [5.41, 5.74) is 1.16. The first-order valence-corrected chi connectivity index (χ1v) is 8.53. The number of benzene rings is 1. The number of fused-ring (bicyclic) bond motifs is 1. The van der Waals surface area contributed by atoms with Gasteiger partial charge in [0.2, 0.25) is 5.89 Å². The molecular formula is C18H23N3O2. The van der Waals surface area contributed by atoms with Gasteiger partial charge in [0.1, 0.15) is 5.75 Å². The van der Waals surface area contributed by atoms with Crippen LogP contribution in [0.25, 0.3) is 0 Å². The quantitative estimate of drug-likeness (QED) is 0.939. The highest BCUT2D eigenvalue weighted by atomic mass is 16.5. The molecule has 3 unspecified atom stereocenters. The van der Waals surface area contributed by atoms with Gasteiger partial charge in [-0.2, -0.15) is 4.98 Å². The van der Waals surface area contributed by atoms with Crippen LogP contribution in [0, 0.1) is 5.92 Å². The van der Waals surface area contributed by atoms with E-state index < -0.39 is 0 Å². The van der Waals surface area contributed by atoms with E-state index in [0.29, 0.717) is 12.5 Å². The van der Waals surface area contributed by atoms with Gasteiger partial charge in [0.25, 0.3) is 0 Å². The van der Waals surface area contributed by atoms with E-state index in [1.54, 1.807) is 7.11 Å². The molecule has 5 nitrogen and oxygen atoms in total. The first-order chi connectivity index (χ1) is 11.3. The van der Waals surface area contributed by atoms with Crippen molar-refractivity contribution >= 4 is 0 Å². The molecule has 1 aromatic carbocycles. The van der Waals surface area contributed by atoms with Gasteiger partial charge in [0.05, 0.1) is 13.2 Å². The second-order valence-corrected chi connectivity index (χ2v) is 6.68. The zero-order valence-electron chi connectivity index (χ0n) is 13.5. The lowest BCUT2D eigenvalue weighted by atomic mass is 9.85. The maximum absolute atomic E-state index is 5.52. The highest BCUT2D eigenvalue weighted by Gasteiger charge is 2.38. The number of aromatic nitrogens is 2. The largest absolute Gasteiger partial charge is 0.497 e. The lowest BCUT2D eigenvalue weighted by Crippen LogP contribution is -2.30. The summed E-state index contributed by atoms with van der Waals surface area (Å²) in [5, 5.41) is 7.85. The Balaban J connectivity index is 1.42. The Kier molecular flexibility index (Phi) is 4.04. The summed E-state index contributed by atoms with van der Waals surface area (Å²) in [7, 11) is 1.67. The van der Waals surface area contributed by atoms with Crippen LogP contribution in [-0.4, -0.2) is 23.3 Å². The number of methoxy groups -OCH3 is 1. The van der Waals surface area contributed by atoms with Crippen molar-refractivity contribution in [2.45, 2.75) is 50.6 Å². The standard InChI is InChI=1S/C18H23N3O2/c1-22-14-8-6-12(7-9-14)10-17-20-18(23-21-17)16-11-13-4-2-3-5-15(13)19-16/h6-9,13,15-16,19H,2-5,10-11H2,1H3. The van der Waals surface area contributed by atoms with E-state index in [0.717, 1.165) is 35.4 Å². The molecule has 2 aliphatic rings. The van der Waals surface area contributed by atoms with E-state index in [1.165, 1.54) is 25.7 Å². The molecule has 2 heterocycles. The van der Waals surface area contributed by atoms with Gasteiger partial charge in [0, 0.05) is 12.5 Å². The minimum Gasteiger partial charge on any atom is -0.497 e. The van der Waals surface area contributed by atoms with Crippen LogP contribution in [0.2, 0.25) is 0 Å². The molecule has 0 spiro atoms. The summed E-state index contributed by atoms with van der Waals surface area (Å²) < 4.78 is 10.7. The number of hydrogen-bond acceptors (Lipinski definition) is 5. The Labute approximate surface area is 136 Å². The lowest BCUT2D eigenvalue weighted by molar-refractivity contribution is 0.324. The predicted octanol–water partition coefficient (Wildman–Crippen LogP) is 3.26. The summed E-state index contributed by atoms with van der Waals surface area (Å²) in [6.07, 6.45) is 7.15. The zero-order valence-corrected chi connectivity index (χ0v) is 13.5. The van der Waals surface area contributed by atoms with Crippen molar-refractivity contribution in [3.8, 4) is 5.75 Å². The third-order valence-electron chi connectivity index (χ3n) is 5.17. The summed E-state index contributed by atoms with van der Waals surface area (Å²) in [6.45, 7) is 0. The minimum atomic E-state index is 0.236. The Morgan fingerprint density at radius 1 is 1.22 bits per heavy atom. The van der Waals surface area contributed by atoms with Crippen LogP contribution in [0.1, 0.15) is 55.4 Å². The van der Waals surface area contributed by atoms with Crippen LogP contribution in [0.15, 0.2) is 28.8 Å². The van der Waals surface area contributed by atoms with E-state index in [1.807, 2.05) is 24.3 Å². The van der Waals surface area contributed by atoms with Gasteiger partial charge in [-0.1, -0.05) is 30.1 Å². The molecule has 122 valence electrons. The fourth-order valence-corrected chi connectivity index (χ4v) is 3.92.